The lowest BCUT2D eigenvalue weighted by atomic mass is 10.1. The second-order valence-electron chi connectivity index (χ2n) is 6.42. The fourth-order valence-corrected chi connectivity index (χ4v) is 2.58. The zero-order valence-corrected chi connectivity index (χ0v) is 14.6. The number of ether oxygens (including phenoxy) is 1. The summed E-state index contributed by atoms with van der Waals surface area (Å²) in [7, 11) is 4.21. The SMILES string of the molecule is CC(C)Oc1cccc(CNC(CN(C)C)c2ccccc2)c1. The van der Waals surface area contributed by atoms with Crippen LogP contribution < -0.4 is 10.1 Å². The predicted molar refractivity (Wildman–Crippen MR) is 96.8 cm³/mol. The van der Waals surface area contributed by atoms with E-state index in [4.69, 9.17) is 4.74 Å². The summed E-state index contributed by atoms with van der Waals surface area (Å²) in [6.45, 7) is 5.88. The van der Waals surface area contributed by atoms with Gasteiger partial charge in [-0.3, -0.25) is 0 Å². The zero-order chi connectivity index (χ0) is 16.7. The summed E-state index contributed by atoms with van der Waals surface area (Å²) in [5.41, 5.74) is 2.55. The summed E-state index contributed by atoms with van der Waals surface area (Å²) < 4.78 is 5.77. The quantitative estimate of drug-likeness (QED) is 0.801. The van der Waals surface area contributed by atoms with E-state index in [1.807, 2.05) is 19.9 Å². The highest BCUT2D eigenvalue weighted by molar-refractivity contribution is 5.29. The van der Waals surface area contributed by atoms with Gasteiger partial charge in [-0.25, -0.2) is 0 Å². The van der Waals surface area contributed by atoms with Gasteiger partial charge in [0.15, 0.2) is 0 Å². The van der Waals surface area contributed by atoms with Gasteiger partial charge in [0.1, 0.15) is 5.75 Å². The van der Waals surface area contributed by atoms with Crippen LogP contribution in [0, 0.1) is 0 Å². The minimum Gasteiger partial charge on any atom is -0.491 e. The molecule has 0 saturated carbocycles. The van der Waals surface area contributed by atoms with Gasteiger partial charge in [0.25, 0.3) is 0 Å². The molecule has 1 atom stereocenters. The van der Waals surface area contributed by atoms with Crippen molar-refractivity contribution in [2.75, 3.05) is 20.6 Å². The molecule has 23 heavy (non-hydrogen) atoms. The molecule has 0 aliphatic carbocycles. The third kappa shape index (κ3) is 6.05. The Kier molecular flexibility index (Phi) is 6.63. The fraction of sp³-hybridized carbons (Fsp3) is 0.400. The molecule has 124 valence electrons. The maximum atomic E-state index is 5.77. The van der Waals surface area contributed by atoms with Gasteiger partial charge < -0.3 is 15.0 Å². The van der Waals surface area contributed by atoms with Crippen molar-refractivity contribution in [3.63, 3.8) is 0 Å². The highest BCUT2D eigenvalue weighted by atomic mass is 16.5. The van der Waals surface area contributed by atoms with Crippen LogP contribution in [0.3, 0.4) is 0 Å². The van der Waals surface area contributed by atoms with Crippen molar-refractivity contribution in [3.05, 3.63) is 65.7 Å². The fourth-order valence-electron chi connectivity index (χ4n) is 2.58. The van der Waals surface area contributed by atoms with Crippen LogP contribution in [0.4, 0.5) is 0 Å². The molecule has 2 aromatic rings. The molecular formula is C20H28N2O. The summed E-state index contributed by atoms with van der Waals surface area (Å²) in [5, 5.41) is 3.67. The molecule has 3 nitrogen and oxygen atoms in total. The zero-order valence-electron chi connectivity index (χ0n) is 14.6. The van der Waals surface area contributed by atoms with Gasteiger partial charge in [-0.2, -0.15) is 0 Å². The maximum absolute atomic E-state index is 5.77. The molecule has 2 rings (SSSR count). The Balaban J connectivity index is 2.03. The van der Waals surface area contributed by atoms with Gasteiger partial charge in [-0.05, 0) is 51.2 Å². The Morgan fingerprint density at radius 3 is 2.39 bits per heavy atom. The molecule has 0 aromatic heterocycles. The molecule has 1 N–H and O–H groups in total. The summed E-state index contributed by atoms with van der Waals surface area (Å²) >= 11 is 0. The molecule has 0 saturated heterocycles. The van der Waals surface area contributed by atoms with Crippen molar-refractivity contribution >= 4 is 0 Å². The number of rotatable bonds is 8. The predicted octanol–water partition coefficient (Wildman–Crippen LogP) is 3.87. The Morgan fingerprint density at radius 2 is 1.74 bits per heavy atom. The minimum absolute atomic E-state index is 0.198. The molecular weight excluding hydrogens is 284 g/mol. The topological polar surface area (TPSA) is 24.5 Å². The second kappa shape index (κ2) is 8.70. The normalized spacial score (nSPS) is 12.6. The highest BCUT2D eigenvalue weighted by Crippen LogP contribution is 2.17. The summed E-state index contributed by atoms with van der Waals surface area (Å²) in [6.07, 6.45) is 0.198. The number of nitrogens with one attached hydrogen (secondary N) is 1. The maximum Gasteiger partial charge on any atom is 0.120 e. The van der Waals surface area contributed by atoms with Crippen LogP contribution in [0.5, 0.6) is 5.75 Å². The van der Waals surface area contributed by atoms with Gasteiger partial charge in [-0.1, -0.05) is 42.5 Å². The molecule has 0 aliphatic rings. The van der Waals surface area contributed by atoms with Gasteiger partial charge in [0, 0.05) is 19.1 Å². The monoisotopic (exact) mass is 312 g/mol. The van der Waals surface area contributed by atoms with Crippen molar-refractivity contribution in [2.45, 2.75) is 32.5 Å². The van der Waals surface area contributed by atoms with Crippen molar-refractivity contribution in [1.82, 2.24) is 10.2 Å². The van der Waals surface area contributed by atoms with Crippen molar-refractivity contribution in [1.29, 1.82) is 0 Å². The van der Waals surface area contributed by atoms with E-state index in [-0.39, 0.29) is 6.10 Å². The molecule has 0 aliphatic heterocycles. The highest BCUT2D eigenvalue weighted by Gasteiger charge is 2.12. The third-order valence-corrected chi connectivity index (χ3v) is 3.57. The van der Waals surface area contributed by atoms with Crippen LogP contribution in [0.2, 0.25) is 0 Å². The van der Waals surface area contributed by atoms with Gasteiger partial charge >= 0.3 is 0 Å². The summed E-state index contributed by atoms with van der Waals surface area (Å²) in [6, 6.07) is 19.2. The number of hydrogen-bond donors (Lipinski definition) is 1. The van der Waals surface area contributed by atoms with E-state index in [9.17, 15) is 0 Å². The average molecular weight is 312 g/mol. The van der Waals surface area contributed by atoms with E-state index in [0.29, 0.717) is 6.04 Å². The molecule has 0 fully saturated rings. The van der Waals surface area contributed by atoms with Crippen LogP contribution in [0.15, 0.2) is 54.6 Å². The smallest absolute Gasteiger partial charge is 0.120 e. The molecule has 1 unspecified atom stereocenters. The van der Waals surface area contributed by atoms with E-state index in [2.05, 4.69) is 72.8 Å². The average Bonchev–Trinajstić information content (AvgIpc) is 2.51. The van der Waals surface area contributed by atoms with Crippen LogP contribution in [0.25, 0.3) is 0 Å². The largest absolute Gasteiger partial charge is 0.491 e. The first kappa shape index (κ1) is 17.5. The molecule has 3 heteroatoms. The lowest BCUT2D eigenvalue weighted by molar-refractivity contribution is 0.242. The Hall–Kier alpha value is -1.84. The van der Waals surface area contributed by atoms with E-state index in [0.717, 1.165) is 18.8 Å². The van der Waals surface area contributed by atoms with Crippen LogP contribution in [-0.4, -0.2) is 31.6 Å². The van der Waals surface area contributed by atoms with Gasteiger partial charge in [0.2, 0.25) is 0 Å². The van der Waals surface area contributed by atoms with Crippen molar-refractivity contribution in [2.24, 2.45) is 0 Å². The Morgan fingerprint density at radius 1 is 1.00 bits per heavy atom. The molecule has 0 heterocycles. The van der Waals surface area contributed by atoms with Gasteiger partial charge in [-0.15, -0.1) is 0 Å². The number of nitrogens with zero attached hydrogens (tertiary/aromatic N) is 1. The molecule has 0 spiro atoms. The molecule has 0 radical (unpaired) electrons. The second-order valence-corrected chi connectivity index (χ2v) is 6.42. The number of hydrogen-bond acceptors (Lipinski definition) is 3. The summed E-state index contributed by atoms with van der Waals surface area (Å²) in [5.74, 6) is 0.933. The Labute approximate surface area is 140 Å². The first-order chi connectivity index (χ1) is 11.0. The third-order valence-electron chi connectivity index (χ3n) is 3.57. The minimum atomic E-state index is 0.198. The van der Waals surface area contributed by atoms with E-state index < -0.39 is 0 Å². The van der Waals surface area contributed by atoms with Crippen LogP contribution >= 0.6 is 0 Å². The lowest BCUT2D eigenvalue weighted by Crippen LogP contribution is -2.30. The van der Waals surface area contributed by atoms with E-state index in [1.54, 1.807) is 0 Å². The molecule has 0 amide bonds. The van der Waals surface area contributed by atoms with E-state index in [1.165, 1.54) is 11.1 Å². The number of likely N-dealkylation sites (N-methyl/N-ethyl adjacent to an activating group) is 1. The lowest BCUT2D eigenvalue weighted by Gasteiger charge is -2.23. The number of benzene rings is 2. The van der Waals surface area contributed by atoms with Crippen LogP contribution in [-0.2, 0) is 6.54 Å². The summed E-state index contributed by atoms with van der Waals surface area (Å²) in [4.78, 5) is 2.21. The first-order valence-electron chi connectivity index (χ1n) is 8.23. The van der Waals surface area contributed by atoms with Crippen molar-refractivity contribution in [3.8, 4) is 5.75 Å². The van der Waals surface area contributed by atoms with Crippen LogP contribution in [0.1, 0.15) is 31.0 Å². The van der Waals surface area contributed by atoms with Crippen molar-refractivity contribution < 1.29 is 4.74 Å². The Bertz CT molecular complexity index is 581. The first-order valence-corrected chi connectivity index (χ1v) is 8.23. The molecule has 2 aromatic carbocycles. The van der Waals surface area contributed by atoms with Gasteiger partial charge in [0.05, 0.1) is 6.10 Å². The molecule has 0 bridgehead atoms. The van der Waals surface area contributed by atoms with E-state index >= 15 is 0 Å². The standard InChI is InChI=1S/C20H28N2O/c1-16(2)23-19-12-8-9-17(13-19)14-21-20(15-22(3)4)18-10-6-5-7-11-18/h5-13,16,20-21H,14-15H2,1-4H3.